The van der Waals surface area contributed by atoms with Gasteiger partial charge < -0.3 is 5.32 Å². The quantitative estimate of drug-likeness (QED) is 0.474. The first kappa shape index (κ1) is 20.2. The summed E-state index contributed by atoms with van der Waals surface area (Å²) in [6, 6.07) is 6.10. The third-order valence-corrected chi connectivity index (χ3v) is 7.34. The average molecular weight is 428 g/mol. The fraction of sp³-hybridized carbons (Fsp3) is 0.409. The van der Waals surface area contributed by atoms with Crippen molar-refractivity contribution in [2.75, 3.05) is 12.3 Å². The van der Waals surface area contributed by atoms with Gasteiger partial charge in [0.2, 0.25) is 5.91 Å². The molecule has 1 aliphatic rings. The predicted molar refractivity (Wildman–Crippen MR) is 121 cm³/mol. The van der Waals surface area contributed by atoms with Gasteiger partial charge in [0.25, 0.3) is 5.56 Å². The van der Waals surface area contributed by atoms with Gasteiger partial charge in [-0.3, -0.25) is 14.2 Å². The lowest BCUT2D eigenvalue weighted by Crippen LogP contribution is -2.27. The number of thiophene rings is 1. The van der Waals surface area contributed by atoms with Crippen molar-refractivity contribution in [3.8, 4) is 5.69 Å². The molecule has 0 saturated heterocycles. The number of rotatable bonds is 6. The summed E-state index contributed by atoms with van der Waals surface area (Å²) in [5.74, 6) is 0.209. The molecule has 0 spiro atoms. The third-order valence-electron chi connectivity index (χ3n) is 5.22. The van der Waals surface area contributed by atoms with Crippen LogP contribution in [0.3, 0.4) is 0 Å². The molecule has 5 nitrogen and oxygen atoms in total. The number of aromatic nitrogens is 2. The molecule has 0 aliphatic heterocycles. The van der Waals surface area contributed by atoms with Crippen LogP contribution in [0.1, 0.15) is 41.3 Å². The van der Waals surface area contributed by atoms with Gasteiger partial charge in [-0.1, -0.05) is 30.8 Å². The molecule has 1 N–H and O–H groups in total. The molecule has 0 bridgehead atoms. The third kappa shape index (κ3) is 3.85. The Morgan fingerprint density at radius 3 is 2.93 bits per heavy atom. The van der Waals surface area contributed by atoms with Crippen LogP contribution in [0.5, 0.6) is 0 Å². The number of hydrogen-bond donors (Lipinski definition) is 1. The van der Waals surface area contributed by atoms with Crippen molar-refractivity contribution in [2.45, 2.75) is 51.6 Å². The zero-order valence-electron chi connectivity index (χ0n) is 17.0. The monoisotopic (exact) mass is 427 g/mol. The molecule has 1 aliphatic carbocycles. The number of carbonyl (C=O) groups is 1. The van der Waals surface area contributed by atoms with Crippen LogP contribution in [0.2, 0.25) is 0 Å². The molecular formula is C22H25N3O2S2. The van der Waals surface area contributed by atoms with E-state index in [0.29, 0.717) is 11.7 Å². The second-order valence-corrected chi connectivity index (χ2v) is 9.53. The molecule has 4 rings (SSSR count). The van der Waals surface area contributed by atoms with Crippen LogP contribution >= 0.6 is 23.1 Å². The van der Waals surface area contributed by atoms with Gasteiger partial charge in [-0.25, -0.2) is 4.98 Å². The van der Waals surface area contributed by atoms with E-state index in [1.54, 1.807) is 15.9 Å². The maximum Gasteiger partial charge on any atom is 0.267 e. The summed E-state index contributed by atoms with van der Waals surface area (Å²) in [6.07, 6.45) is 3.98. The van der Waals surface area contributed by atoms with Crippen LogP contribution in [0.25, 0.3) is 15.9 Å². The topological polar surface area (TPSA) is 64.0 Å². The second-order valence-electron chi connectivity index (χ2n) is 7.50. The molecular weight excluding hydrogens is 402 g/mol. The molecule has 7 heteroatoms. The number of thioether (sulfide) groups is 1. The summed E-state index contributed by atoms with van der Waals surface area (Å²) >= 11 is 2.97. The zero-order chi connectivity index (χ0) is 20.5. The molecule has 1 amide bonds. The van der Waals surface area contributed by atoms with E-state index < -0.39 is 0 Å². The van der Waals surface area contributed by atoms with Crippen molar-refractivity contribution in [1.82, 2.24) is 14.9 Å². The van der Waals surface area contributed by atoms with Gasteiger partial charge in [-0.2, -0.15) is 0 Å². The van der Waals surface area contributed by atoms with E-state index in [2.05, 4.69) is 5.32 Å². The van der Waals surface area contributed by atoms with E-state index >= 15 is 0 Å². The van der Waals surface area contributed by atoms with E-state index in [1.807, 2.05) is 39.0 Å². The molecule has 1 aromatic carbocycles. The fourth-order valence-corrected chi connectivity index (χ4v) is 5.88. The Bertz CT molecular complexity index is 1150. The lowest BCUT2D eigenvalue weighted by Gasteiger charge is -2.15. The van der Waals surface area contributed by atoms with Gasteiger partial charge in [0.05, 0.1) is 16.8 Å². The molecule has 29 heavy (non-hydrogen) atoms. The minimum atomic E-state index is -0.0348. The van der Waals surface area contributed by atoms with Crippen LogP contribution < -0.4 is 10.9 Å². The molecule has 0 unspecified atom stereocenters. The smallest absolute Gasteiger partial charge is 0.267 e. The van der Waals surface area contributed by atoms with Gasteiger partial charge in [0, 0.05) is 11.4 Å². The summed E-state index contributed by atoms with van der Waals surface area (Å²) in [7, 11) is 0. The number of hydrogen-bond acceptors (Lipinski definition) is 5. The van der Waals surface area contributed by atoms with E-state index in [1.165, 1.54) is 22.2 Å². The number of carbonyl (C=O) groups excluding carboxylic acids is 1. The van der Waals surface area contributed by atoms with Gasteiger partial charge >= 0.3 is 0 Å². The largest absolute Gasteiger partial charge is 0.355 e. The van der Waals surface area contributed by atoms with Crippen molar-refractivity contribution in [3.63, 3.8) is 0 Å². The highest BCUT2D eigenvalue weighted by molar-refractivity contribution is 7.99. The lowest BCUT2D eigenvalue weighted by atomic mass is 10.1. The van der Waals surface area contributed by atoms with Crippen LogP contribution in [0.15, 0.2) is 28.2 Å². The zero-order valence-corrected chi connectivity index (χ0v) is 18.6. The Balaban J connectivity index is 1.86. The minimum absolute atomic E-state index is 0.0143. The number of benzene rings is 1. The van der Waals surface area contributed by atoms with Crippen LogP contribution in [0.4, 0.5) is 0 Å². The number of fused-ring (bicyclic) bond motifs is 3. The Labute approximate surface area is 178 Å². The SMILES string of the molecule is CCCNC(=O)CSc1nc2sc3c(c2c(=O)n1-c1cc(C)ccc1C)CCC3. The molecule has 2 aromatic heterocycles. The summed E-state index contributed by atoms with van der Waals surface area (Å²) in [4.78, 5) is 32.8. The molecule has 0 atom stereocenters. The molecule has 0 radical (unpaired) electrons. The Morgan fingerprint density at radius 2 is 2.14 bits per heavy atom. The van der Waals surface area contributed by atoms with Crippen molar-refractivity contribution in [1.29, 1.82) is 0 Å². The van der Waals surface area contributed by atoms with Crippen LogP contribution in [0, 0.1) is 13.8 Å². The molecule has 0 saturated carbocycles. The van der Waals surface area contributed by atoms with E-state index in [0.717, 1.165) is 52.7 Å². The van der Waals surface area contributed by atoms with E-state index in [-0.39, 0.29) is 17.2 Å². The summed E-state index contributed by atoms with van der Waals surface area (Å²) in [6.45, 7) is 6.71. The molecule has 3 aromatic rings. The normalized spacial score (nSPS) is 13.1. The van der Waals surface area contributed by atoms with Gasteiger partial charge in [0.15, 0.2) is 5.16 Å². The average Bonchev–Trinajstić information content (AvgIpc) is 3.27. The summed E-state index contributed by atoms with van der Waals surface area (Å²) in [5.41, 5.74) is 4.12. The molecule has 152 valence electrons. The second kappa shape index (κ2) is 8.32. The van der Waals surface area contributed by atoms with Crippen LogP contribution in [-0.2, 0) is 17.6 Å². The standard InChI is InChI=1S/C22H25N3O2S2/c1-4-10-23-18(26)12-28-22-24-20-19(15-6-5-7-17(15)29-20)21(27)25(22)16-11-13(2)8-9-14(16)3/h8-9,11H,4-7,10,12H2,1-3H3,(H,23,26). The first-order valence-corrected chi connectivity index (χ1v) is 11.8. The Morgan fingerprint density at radius 1 is 1.31 bits per heavy atom. The molecule has 2 heterocycles. The van der Waals surface area contributed by atoms with E-state index in [9.17, 15) is 9.59 Å². The Hall–Kier alpha value is -2.12. The van der Waals surface area contributed by atoms with E-state index in [4.69, 9.17) is 4.98 Å². The number of amides is 1. The Kier molecular flexibility index (Phi) is 5.79. The first-order valence-electron chi connectivity index (χ1n) is 10.0. The number of nitrogens with one attached hydrogen (secondary N) is 1. The van der Waals surface area contributed by atoms with Crippen molar-refractivity contribution < 1.29 is 4.79 Å². The summed E-state index contributed by atoms with van der Waals surface area (Å²) < 4.78 is 1.72. The maximum absolute atomic E-state index is 13.7. The number of nitrogens with zero attached hydrogens (tertiary/aromatic N) is 2. The highest BCUT2D eigenvalue weighted by Gasteiger charge is 2.24. The van der Waals surface area contributed by atoms with Gasteiger partial charge in [-0.05, 0) is 62.3 Å². The minimum Gasteiger partial charge on any atom is -0.355 e. The molecule has 0 fully saturated rings. The first-order chi connectivity index (χ1) is 14.0. The summed E-state index contributed by atoms with van der Waals surface area (Å²) in [5, 5.41) is 4.25. The van der Waals surface area contributed by atoms with Crippen LogP contribution in [-0.4, -0.2) is 27.8 Å². The van der Waals surface area contributed by atoms with Crippen molar-refractivity contribution in [2.24, 2.45) is 0 Å². The van der Waals surface area contributed by atoms with Gasteiger partial charge in [-0.15, -0.1) is 11.3 Å². The predicted octanol–water partition coefficient (Wildman–Crippen LogP) is 4.17. The highest BCUT2D eigenvalue weighted by Crippen LogP contribution is 2.36. The van der Waals surface area contributed by atoms with Crippen molar-refractivity contribution in [3.05, 3.63) is 50.1 Å². The van der Waals surface area contributed by atoms with Crippen molar-refractivity contribution >= 4 is 39.2 Å². The number of aryl methyl sites for hydroxylation is 4. The fourth-order valence-electron chi connectivity index (χ4n) is 3.74. The highest BCUT2D eigenvalue weighted by atomic mass is 32.2. The maximum atomic E-state index is 13.7. The lowest BCUT2D eigenvalue weighted by molar-refractivity contribution is -0.118. The van der Waals surface area contributed by atoms with Gasteiger partial charge in [0.1, 0.15) is 4.83 Å².